The Bertz CT molecular complexity index is 522. The van der Waals surface area contributed by atoms with Crippen molar-refractivity contribution in [2.24, 2.45) is 0 Å². The molecule has 0 bridgehead atoms. The van der Waals surface area contributed by atoms with E-state index in [2.05, 4.69) is 108 Å². The molecule has 28 heavy (non-hydrogen) atoms. The summed E-state index contributed by atoms with van der Waals surface area (Å²) in [4.78, 5) is 2.74. The fraction of sp³-hybridized carbons (Fsp3) is 0.348. The van der Waals surface area contributed by atoms with Gasteiger partial charge in [-0.15, -0.1) is 60.7 Å². The molecule has 2 aromatic carbocycles. The Morgan fingerprint density at radius 3 is 1.64 bits per heavy atom. The van der Waals surface area contributed by atoms with Crippen LogP contribution in [0.15, 0.2) is 60.8 Å². The summed E-state index contributed by atoms with van der Waals surface area (Å²) < 4.78 is 0. The molecule has 1 heterocycles. The number of H-pyrrole nitrogens is 1. The van der Waals surface area contributed by atoms with E-state index in [4.69, 9.17) is 0 Å². The summed E-state index contributed by atoms with van der Waals surface area (Å²) in [5.41, 5.74) is 0. The maximum absolute atomic E-state index is 2.74. The first kappa shape index (κ1) is 38.4. The fourth-order valence-corrected chi connectivity index (χ4v) is 1.31. The number of rotatable bonds is 0. The predicted octanol–water partition coefficient (Wildman–Crippen LogP) is 8.24. The van der Waals surface area contributed by atoms with Gasteiger partial charge in [0.2, 0.25) is 0 Å². The average molecular weight is 518 g/mol. The maximum Gasteiger partial charge on any atom is 4.00 e. The van der Waals surface area contributed by atoms with Crippen molar-refractivity contribution in [1.29, 1.82) is 0 Å². The van der Waals surface area contributed by atoms with Crippen LogP contribution in [0.25, 0.3) is 10.8 Å². The standard InChI is InChI=1S/C9H7.C4H4N.2C4H9.C2H6Si.2ClH.Zr/c1-2-5-9-7-3-6-8(9)4-1;1-2-4-5-3-1;2*1-4(2)3;1-3-2;;;/h1-7H;1-3,5H;2*1-3H3;1-2H3;2*1H;/q4*-1;;;;+4. The minimum absolute atomic E-state index is 0. The van der Waals surface area contributed by atoms with E-state index in [0.717, 1.165) is 9.52 Å². The molecule has 0 fully saturated rings. The molecule has 0 saturated carbocycles. The summed E-state index contributed by atoms with van der Waals surface area (Å²) in [6.45, 7) is 16.8. The van der Waals surface area contributed by atoms with Crippen molar-refractivity contribution in [2.45, 2.75) is 54.6 Å². The summed E-state index contributed by atoms with van der Waals surface area (Å²) in [5.74, 6) is 2.83. The Labute approximate surface area is 208 Å². The molecule has 3 aromatic rings. The van der Waals surface area contributed by atoms with Crippen molar-refractivity contribution in [1.82, 2.24) is 4.98 Å². The monoisotopic (exact) mass is 515 g/mol. The largest absolute Gasteiger partial charge is 4.00 e. The van der Waals surface area contributed by atoms with E-state index < -0.39 is 0 Å². The van der Waals surface area contributed by atoms with Gasteiger partial charge in [0.15, 0.2) is 0 Å². The molecule has 2 radical (unpaired) electrons. The predicted molar refractivity (Wildman–Crippen MR) is 132 cm³/mol. The van der Waals surface area contributed by atoms with Crippen LogP contribution in [0.1, 0.15) is 41.5 Å². The van der Waals surface area contributed by atoms with Gasteiger partial charge in [-0.2, -0.15) is 77.4 Å². The van der Waals surface area contributed by atoms with Crippen LogP contribution in [-0.4, -0.2) is 14.5 Å². The molecule has 0 amide bonds. The van der Waals surface area contributed by atoms with E-state index in [1.807, 2.05) is 18.3 Å². The summed E-state index contributed by atoms with van der Waals surface area (Å²) >= 11 is 0. The number of halogens is 2. The van der Waals surface area contributed by atoms with Crippen LogP contribution in [0.3, 0.4) is 0 Å². The van der Waals surface area contributed by atoms with Crippen LogP contribution in [0.5, 0.6) is 0 Å². The zero-order valence-corrected chi connectivity index (χ0v) is 23.7. The number of benzene rings is 1. The molecule has 0 aliphatic carbocycles. The summed E-state index contributed by atoms with van der Waals surface area (Å²) in [5, 5.41) is 2.66. The number of aromatic amines is 1. The Kier molecular flexibility index (Phi) is 39.8. The van der Waals surface area contributed by atoms with Gasteiger partial charge in [0.25, 0.3) is 0 Å². The van der Waals surface area contributed by atoms with Gasteiger partial charge in [-0.3, -0.25) is 0 Å². The van der Waals surface area contributed by atoms with Crippen molar-refractivity contribution in [3.8, 4) is 0 Å². The van der Waals surface area contributed by atoms with Gasteiger partial charge in [-0.25, -0.2) is 0 Å². The maximum atomic E-state index is 2.74. The number of nitrogens with one attached hydrogen (secondary N) is 1. The third-order valence-corrected chi connectivity index (χ3v) is 1.99. The molecule has 1 nitrogen and oxygen atoms in total. The summed E-state index contributed by atoms with van der Waals surface area (Å²) in [6, 6.07) is 18.4. The van der Waals surface area contributed by atoms with Gasteiger partial charge in [0, 0.05) is 9.52 Å². The third kappa shape index (κ3) is 33.4. The Morgan fingerprint density at radius 1 is 0.857 bits per heavy atom. The molecular formula is C23H37Cl2NSiZr. The van der Waals surface area contributed by atoms with Crippen molar-refractivity contribution in [3.63, 3.8) is 0 Å². The first-order chi connectivity index (χ1) is 11.8. The first-order valence-corrected chi connectivity index (χ1v) is 10.6. The smallest absolute Gasteiger partial charge is 0.484 e. The van der Waals surface area contributed by atoms with E-state index in [1.54, 1.807) is 0 Å². The van der Waals surface area contributed by atoms with E-state index >= 15 is 0 Å². The Hall–Kier alpha value is -0.210. The number of fused-ring (bicyclic) bond motifs is 1. The van der Waals surface area contributed by atoms with Gasteiger partial charge >= 0.3 is 26.2 Å². The second kappa shape index (κ2) is 29.0. The SMILES string of the molecule is C[C-](C)C.C[C-](C)C.C[Si]C.Cl.Cl.[Zr+4].[c-]1ccc[nH]1.c1ccc2[cH-]ccc2c1. The molecule has 0 spiro atoms. The minimum atomic E-state index is 0. The molecule has 5 heteroatoms. The van der Waals surface area contributed by atoms with E-state index in [0.29, 0.717) is 0 Å². The van der Waals surface area contributed by atoms with Crippen LogP contribution in [-0.2, 0) is 26.2 Å². The van der Waals surface area contributed by atoms with Crippen LogP contribution in [0.4, 0.5) is 0 Å². The second-order valence-corrected chi connectivity index (χ2v) is 7.47. The summed E-state index contributed by atoms with van der Waals surface area (Å²) in [7, 11) is 1.08. The van der Waals surface area contributed by atoms with E-state index in [-0.39, 0.29) is 51.0 Å². The van der Waals surface area contributed by atoms with Crippen LogP contribution in [0, 0.1) is 18.0 Å². The molecule has 1 N–H and O–H groups in total. The number of hydrogen-bond acceptors (Lipinski definition) is 0. The van der Waals surface area contributed by atoms with Gasteiger partial charge in [-0.05, 0) is 0 Å². The minimum Gasteiger partial charge on any atom is -0.484 e. The fourth-order valence-electron chi connectivity index (χ4n) is 1.31. The van der Waals surface area contributed by atoms with E-state index in [9.17, 15) is 0 Å². The zero-order valence-electron chi connectivity index (χ0n) is 18.6. The zero-order chi connectivity index (χ0) is 19.5. The van der Waals surface area contributed by atoms with Gasteiger partial charge < -0.3 is 16.8 Å². The number of aromatic nitrogens is 1. The third-order valence-electron chi connectivity index (χ3n) is 1.99. The normalized spacial score (nSPS) is 7.93. The molecule has 0 aliphatic heterocycles. The van der Waals surface area contributed by atoms with Crippen LogP contribution in [0.2, 0.25) is 13.1 Å². The van der Waals surface area contributed by atoms with Crippen molar-refractivity contribution < 1.29 is 26.2 Å². The molecule has 0 atom stereocenters. The van der Waals surface area contributed by atoms with Crippen molar-refractivity contribution in [3.05, 3.63) is 78.8 Å². The first-order valence-electron chi connectivity index (χ1n) is 8.57. The van der Waals surface area contributed by atoms with Crippen molar-refractivity contribution in [2.75, 3.05) is 0 Å². The van der Waals surface area contributed by atoms with Crippen LogP contribution >= 0.6 is 24.8 Å². The molecule has 0 saturated heterocycles. The van der Waals surface area contributed by atoms with Crippen molar-refractivity contribution >= 4 is 45.1 Å². The molecule has 0 unspecified atom stereocenters. The molecular weight excluding hydrogens is 480 g/mol. The average Bonchev–Trinajstić information content (AvgIpc) is 3.22. The topological polar surface area (TPSA) is 15.8 Å². The van der Waals surface area contributed by atoms with Crippen LogP contribution < -0.4 is 0 Å². The molecule has 0 aliphatic rings. The Morgan fingerprint density at radius 2 is 1.32 bits per heavy atom. The molecule has 1 aromatic heterocycles. The molecule has 3 rings (SSSR count). The van der Waals surface area contributed by atoms with Gasteiger partial charge in [0.05, 0.1) is 0 Å². The quantitative estimate of drug-likeness (QED) is 0.228. The Balaban J connectivity index is -0.0000000823. The van der Waals surface area contributed by atoms with E-state index in [1.165, 1.54) is 22.6 Å². The summed E-state index contributed by atoms with van der Waals surface area (Å²) in [6.07, 6.45) is 4.56. The van der Waals surface area contributed by atoms with Gasteiger partial charge in [-0.1, -0.05) is 19.2 Å². The number of hydrogen-bond donors (Lipinski definition) is 1. The second-order valence-electron chi connectivity index (χ2n) is 6.47. The molecule has 156 valence electrons. The van der Waals surface area contributed by atoms with Gasteiger partial charge in [0.1, 0.15) is 0 Å².